The number of methoxy groups -OCH3 is 1. The lowest BCUT2D eigenvalue weighted by molar-refractivity contribution is -0.136. The van der Waals surface area contributed by atoms with Crippen LogP contribution in [0.5, 0.6) is 0 Å². The maximum Gasteiger partial charge on any atom is 0.333 e. The monoisotopic (exact) mass is 270 g/mol. The molecule has 2 N–H and O–H groups in total. The molecule has 0 fully saturated rings. The van der Waals surface area contributed by atoms with Gasteiger partial charge in [-0.2, -0.15) is 11.8 Å². The second-order valence-corrected chi connectivity index (χ2v) is 5.36. The van der Waals surface area contributed by atoms with Gasteiger partial charge in [0.1, 0.15) is 0 Å². The number of carbonyl (C=O) groups excluding carboxylic acids is 1. The Bertz CT molecular complexity index is 379. The highest BCUT2D eigenvalue weighted by Crippen LogP contribution is 2.29. The van der Waals surface area contributed by atoms with Crippen molar-refractivity contribution in [2.24, 2.45) is 10.8 Å². The minimum absolute atomic E-state index is 0.0108. The van der Waals surface area contributed by atoms with Crippen LogP contribution in [0, 0.1) is 0 Å². The van der Waals surface area contributed by atoms with E-state index in [0.29, 0.717) is 12.0 Å². The molecule has 3 atom stereocenters. The second-order valence-electron chi connectivity index (χ2n) is 4.07. The molecule has 0 saturated carbocycles. The third-order valence-electron chi connectivity index (χ3n) is 2.78. The molecular formula is C11H18N4O2S. The van der Waals surface area contributed by atoms with Crippen LogP contribution in [0.1, 0.15) is 19.8 Å². The van der Waals surface area contributed by atoms with Crippen molar-refractivity contribution in [2.75, 3.05) is 12.9 Å². The first-order chi connectivity index (χ1) is 8.63. The van der Waals surface area contributed by atoms with Crippen LogP contribution < -0.4 is 5.73 Å². The summed E-state index contributed by atoms with van der Waals surface area (Å²) < 4.78 is 4.71. The molecule has 0 aliphatic heterocycles. The van der Waals surface area contributed by atoms with E-state index in [1.165, 1.54) is 7.11 Å². The summed E-state index contributed by atoms with van der Waals surface area (Å²) in [4.78, 5) is 14.4. The minimum atomic E-state index is -0.386. The maximum absolute atomic E-state index is 11.6. The number of thioether (sulfide) groups is 1. The van der Waals surface area contributed by atoms with Crippen molar-refractivity contribution in [1.82, 2.24) is 0 Å². The van der Waals surface area contributed by atoms with Crippen LogP contribution in [0.2, 0.25) is 0 Å². The molecule has 3 unspecified atom stereocenters. The van der Waals surface area contributed by atoms with E-state index >= 15 is 0 Å². The quantitative estimate of drug-likeness (QED) is 0.357. The molecule has 100 valence electrons. The average Bonchev–Trinajstić information content (AvgIpc) is 2.39. The maximum atomic E-state index is 11.6. The lowest BCUT2D eigenvalue weighted by Gasteiger charge is -2.31. The first-order valence-corrected chi connectivity index (χ1v) is 6.89. The lowest BCUT2D eigenvalue weighted by Crippen LogP contribution is -2.45. The summed E-state index contributed by atoms with van der Waals surface area (Å²) >= 11 is 1.67. The fourth-order valence-corrected chi connectivity index (χ4v) is 3.01. The highest BCUT2D eigenvalue weighted by atomic mass is 32.2. The van der Waals surface area contributed by atoms with Gasteiger partial charge in [0, 0.05) is 21.8 Å². The molecule has 0 saturated heterocycles. The Hall–Kier alpha value is -1.17. The van der Waals surface area contributed by atoms with Crippen molar-refractivity contribution in [3.05, 3.63) is 22.1 Å². The zero-order valence-electron chi connectivity index (χ0n) is 10.6. The molecule has 0 bridgehead atoms. The van der Waals surface area contributed by atoms with Gasteiger partial charge in [0.05, 0.1) is 13.2 Å². The number of ether oxygens (including phenoxy) is 1. The number of carbonyl (C=O) groups is 1. The topological polar surface area (TPSA) is 101 Å². The van der Waals surface area contributed by atoms with Gasteiger partial charge in [0.2, 0.25) is 0 Å². The molecule has 0 heterocycles. The van der Waals surface area contributed by atoms with Crippen LogP contribution >= 0.6 is 11.8 Å². The van der Waals surface area contributed by atoms with E-state index in [0.717, 1.165) is 12.2 Å². The normalized spacial score (nSPS) is 27.1. The van der Waals surface area contributed by atoms with Gasteiger partial charge in [-0.3, -0.25) is 0 Å². The van der Waals surface area contributed by atoms with Gasteiger partial charge < -0.3 is 10.5 Å². The minimum Gasteiger partial charge on any atom is -0.466 e. The third kappa shape index (κ3) is 3.66. The van der Waals surface area contributed by atoms with Gasteiger partial charge in [0.25, 0.3) is 0 Å². The SMILES string of the molecule is CCCSC1C=C(C(=O)OC)CC(N=[N+]=[N-])C1N. The van der Waals surface area contributed by atoms with Crippen molar-refractivity contribution in [3.8, 4) is 0 Å². The molecule has 0 aromatic heterocycles. The largest absolute Gasteiger partial charge is 0.466 e. The van der Waals surface area contributed by atoms with E-state index < -0.39 is 0 Å². The van der Waals surface area contributed by atoms with Crippen molar-refractivity contribution in [3.63, 3.8) is 0 Å². The van der Waals surface area contributed by atoms with Gasteiger partial charge in [0.15, 0.2) is 0 Å². The molecule has 0 spiro atoms. The standard InChI is InChI=1S/C11H18N4O2S/c1-3-4-18-9-6-7(11(16)17-2)5-8(10(9)12)14-15-13/h6,8-10H,3-5,12H2,1-2H3. The highest BCUT2D eigenvalue weighted by Gasteiger charge is 2.32. The molecule has 0 radical (unpaired) electrons. The Morgan fingerprint density at radius 2 is 2.50 bits per heavy atom. The Morgan fingerprint density at radius 1 is 1.78 bits per heavy atom. The molecule has 0 aromatic carbocycles. The van der Waals surface area contributed by atoms with Crippen LogP contribution in [0.3, 0.4) is 0 Å². The number of azide groups is 1. The van der Waals surface area contributed by atoms with Gasteiger partial charge in [-0.05, 0) is 24.1 Å². The van der Waals surface area contributed by atoms with Crippen LogP contribution in [0.25, 0.3) is 10.4 Å². The second kappa shape index (κ2) is 7.31. The molecule has 1 aliphatic carbocycles. The molecule has 0 amide bonds. The zero-order valence-corrected chi connectivity index (χ0v) is 11.4. The molecule has 0 aromatic rings. The highest BCUT2D eigenvalue weighted by molar-refractivity contribution is 8.00. The van der Waals surface area contributed by atoms with Crippen LogP contribution in [0.15, 0.2) is 16.8 Å². The summed E-state index contributed by atoms with van der Waals surface area (Å²) in [5, 5.41) is 3.67. The molecule has 1 rings (SSSR count). The third-order valence-corrected chi connectivity index (χ3v) is 4.26. The van der Waals surface area contributed by atoms with Crippen molar-refractivity contribution < 1.29 is 9.53 Å². The van der Waals surface area contributed by atoms with E-state index in [-0.39, 0.29) is 23.3 Å². The Morgan fingerprint density at radius 3 is 3.06 bits per heavy atom. The van der Waals surface area contributed by atoms with Gasteiger partial charge >= 0.3 is 5.97 Å². The Labute approximate surface area is 111 Å². The van der Waals surface area contributed by atoms with Crippen molar-refractivity contribution in [2.45, 2.75) is 37.1 Å². The van der Waals surface area contributed by atoms with Crippen LogP contribution in [-0.2, 0) is 9.53 Å². The first kappa shape index (κ1) is 14.9. The molecular weight excluding hydrogens is 252 g/mol. The summed E-state index contributed by atoms with van der Waals surface area (Å²) in [6.45, 7) is 2.08. The van der Waals surface area contributed by atoms with Crippen LogP contribution in [0.4, 0.5) is 0 Å². The van der Waals surface area contributed by atoms with E-state index in [1.54, 1.807) is 11.8 Å². The number of nitrogens with zero attached hydrogens (tertiary/aromatic N) is 3. The number of esters is 1. The van der Waals surface area contributed by atoms with E-state index in [4.69, 9.17) is 16.0 Å². The molecule has 7 heteroatoms. The average molecular weight is 270 g/mol. The summed E-state index contributed by atoms with van der Waals surface area (Å²) in [5.74, 6) is 0.578. The number of hydrogen-bond acceptors (Lipinski definition) is 5. The number of hydrogen-bond donors (Lipinski definition) is 1. The van der Waals surface area contributed by atoms with Crippen molar-refractivity contribution in [1.29, 1.82) is 0 Å². The first-order valence-electron chi connectivity index (χ1n) is 5.84. The van der Waals surface area contributed by atoms with E-state index in [9.17, 15) is 4.79 Å². The Balaban J connectivity index is 2.90. The van der Waals surface area contributed by atoms with E-state index in [2.05, 4.69) is 16.9 Å². The van der Waals surface area contributed by atoms with Crippen LogP contribution in [-0.4, -0.2) is 36.2 Å². The summed E-state index contributed by atoms with van der Waals surface area (Å²) in [6.07, 6.45) is 3.22. The fourth-order valence-electron chi connectivity index (χ4n) is 1.84. The molecule has 1 aliphatic rings. The smallest absolute Gasteiger partial charge is 0.333 e. The predicted molar refractivity (Wildman–Crippen MR) is 72.2 cm³/mol. The summed E-state index contributed by atoms with van der Waals surface area (Å²) in [5.41, 5.74) is 15.2. The fraction of sp³-hybridized carbons (Fsp3) is 0.727. The summed E-state index contributed by atoms with van der Waals surface area (Å²) in [7, 11) is 1.34. The van der Waals surface area contributed by atoms with Gasteiger partial charge in [-0.15, -0.1) is 0 Å². The number of rotatable bonds is 5. The van der Waals surface area contributed by atoms with Crippen molar-refractivity contribution >= 4 is 17.7 Å². The predicted octanol–water partition coefficient (Wildman–Crippen LogP) is 2.01. The van der Waals surface area contributed by atoms with Gasteiger partial charge in [-0.1, -0.05) is 18.1 Å². The van der Waals surface area contributed by atoms with Gasteiger partial charge in [-0.25, -0.2) is 4.79 Å². The lowest BCUT2D eigenvalue weighted by atomic mass is 9.91. The number of nitrogens with two attached hydrogens (primary N) is 1. The Kier molecular flexibility index (Phi) is 6.04. The zero-order chi connectivity index (χ0) is 13.5. The summed E-state index contributed by atoms with van der Waals surface area (Å²) in [6, 6.07) is -0.644. The molecule has 6 nitrogen and oxygen atoms in total. The van der Waals surface area contributed by atoms with E-state index in [1.807, 2.05) is 6.08 Å². The molecule has 18 heavy (non-hydrogen) atoms.